The molecule has 1 aliphatic rings. The quantitative estimate of drug-likeness (QED) is 0.624. The van der Waals surface area contributed by atoms with E-state index in [0.717, 1.165) is 22.4 Å². The molecule has 1 heterocycles. The number of rotatable bonds is 6. The van der Waals surface area contributed by atoms with Crippen molar-refractivity contribution < 1.29 is 4.74 Å². The average Bonchev–Trinajstić information content (AvgIpc) is 2.95. The highest BCUT2D eigenvalue weighted by molar-refractivity contribution is 9.10. The van der Waals surface area contributed by atoms with Crippen LogP contribution in [0.5, 0.6) is 5.75 Å². The third kappa shape index (κ3) is 3.88. The molecule has 0 N–H and O–H groups in total. The zero-order valence-corrected chi connectivity index (χ0v) is 15.2. The third-order valence-electron chi connectivity index (χ3n) is 4.02. The second-order valence-corrected chi connectivity index (χ2v) is 7.88. The summed E-state index contributed by atoms with van der Waals surface area (Å²) in [6.07, 6.45) is 3.74. The van der Waals surface area contributed by atoms with Crippen molar-refractivity contribution in [1.29, 1.82) is 0 Å². The van der Waals surface area contributed by atoms with Gasteiger partial charge in [0.1, 0.15) is 11.9 Å². The molecule has 2 atom stereocenters. The molecular formula is C19H21BrOS. The first-order valence-electron chi connectivity index (χ1n) is 7.87. The van der Waals surface area contributed by atoms with Crippen molar-refractivity contribution >= 4 is 27.7 Å². The van der Waals surface area contributed by atoms with Crippen molar-refractivity contribution in [2.45, 2.75) is 43.3 Å². The highest BCUT2D eigenvalue weighted by atomic mass is 79.9. The molecule has 0 spiro atoms. The Bertz CT molecular complexity index is 614. The van der Waals surface area contributed by atoms with E-state index >= 15 is 0 Å². The molecule has 0 aliphatic carbocycles. The summed E-state index contributed by atoms with van der Waals surface area (Å²) in [5.74, 6) is 2.13. The summed E-state index contributed by atoms with van der Waals surface area (Å²) in [6.45, 7) is 2.26. The van der Waals surface area contributed by atoms with Gasteiger partial charge in [0, 0.05) is 21.9 Å². The molecule has 0 radical (unpaired) electrons. The fourth-order valence-corrected chi connectivity index (χ4v) is 4.67. The van der Waals surface area contributed by atoms with E-state index in [0.29, 0.717) is 11.4 Å². The first-order valence-corrected chi connectivity index (χ1v) is 9.71. The molecule has 2 aromatic rings. The van der Waals surface area contributed by atoms with E-state index in [9.17, 15) is 0 Å². The van der Waals surface area contributed by atoms with E-state index in [1.165, 1.54) is 24.0 Å². The SMILES string of the molecule is CCC[C@H](SCc1ccccc1)[C@@H]1Cc2cc(Br)ccc2O1. The lowest BCUT2D eigenvalue weighted by Gasteiger charge is -2.22. The summed E-state index contributed by atoms with van der Waals surface area (Å²) in [5, 5.41) is 0.552. The minimum atomic E-state index is 0.304. The van der Waals surface area contributed by atoms with Gasteiger partial charge >= 0.3 is 0 Å². The maximum absolute atomic E-state index is 6.22. The van der Waals surface area contributed by atoms with Crippen LogP contribution in [0.4, 0.5) is 0 Å². The molecule has 116 valence electrons. The summed E-state index contributed by atoms with van der Waals surface area (Å²) in [7, 11) is 0. The van der Waals surface area contributed by atoms with E-state index in [-0.39, 0.29) is 0 Å². The molecule has 3 rings (SSSR count). The smallest absolute Gasteiger partial charge is 0.123 e. The van der Waals surface area contributed by atoms with Crippen molar-refractivity contribution in [2.75, 3.05) is 0 Å². The normalized spacial score (nSPS) is 17.8. The Labute approximate surface area is 145 Å². The second-order valence-electron chi connectivity index (χ2n) is 5.74. The van der Waals surface area contributed by atoms with Crippen LogP contribution in [0, 0.1) is 0 Å². The van der Waals surface area contributed by atoms with Gasteiger partial charge in [-0.25, -0.2) is 0 Å². The second kappa shape index (κ2) is 7.56. The summed E-state index contributed by atoms with van der Waals surface area (Å²) in [6, 6.07) is 17.1. The molecule has 0 saturated carbocycles. The lowest BCUT2D eigenvalue weighted by molar-refractivity contribution is 0.224. The van der Waals surface area contributed by atoms with Crippen molar-refractivity contribution in [3.05, 3.63) is 64.1 Å². The van der Waals surface area contributed by atoms with Crippen LogP contribution in [-0.2, 0) is 12.2 Å². The van der Waals surface area contributed by atoms with Gasteiger partial charge in [0.15, 0.2) is 0 Å². The van der Waals surface area contributed by atoms with E-state index in [2.05, 4.69) is 71.4 Å². The van der Waals surface area contributed by atoms with Crippen LogP contribution in [0.3, 0.4) is 0 Å². The summed E-state index contributed by atoms with van der Waals surface area (Å²) in [4.78, 5) is 0. The number of fused-ring (bicyclic) bond motifs is 1. The fourth-order valence-electron chi connectivity index (χ4n) is 2.89. The molecule has 0 aromatic heterocycles. The van der Waals surface area contributed by atoms with Crippen LogP contribution < -0.4 is 4.74 Å². The Morgan fingerprint density at radius 1 is 1.23 bits per heavy atom. The Morgan fingerprint density at radius 2 is 2.05 bits per heavy atom. The van der Waals surface area contributed by atoms with E-state index in [1.54, 1.807) is 0 Å². The maximum Gasteiger partial charge on any atom is 0.123 e. The van der Waals surface area contributed by atoms with Crippen LogP contribution in [-0.4, -0.2) is 11.4 Å². The molecule has 0 amide bonds. The third-order valence-corrected chi connectivity index (χ3v) is 5.98. The molecule has 0 saturated heterocycles. The molecule has 1 nitrogen and oxygen atoms in total. The number of halogens is 1. The molecule has 22 heavy (non-hydrogen) atoms. The highest BCUT2D eigenvalue weighted by Gasteiger charge is 2.30. The van der Waals surface area contributed by atoms with Crippen molar-refractivity contribution in [1.82, 2.24) is 0 Å². The van der Waals surface area contributed by atoms with Crippen LogP contribution in [0.15, 0.2) is 53.0 Å². The predicted octanol–water partition coefficient (Wildman–Crippen LogP) is 5.85. The van der Waals surface area contributed by atoms with Crippen LogP contribution in [0.1, 0.15) is 30.9 Å². The molecular weight excluding hydrogens is 356 g/mol. The number of thioether (sulfide) groups is 1. The van der Waals surface area contributed by atoms with E-state index in [1.807, 2.05) is 11.8 Å². The zero-order valence-electron chi connectivity index (χ0n) is 12.8. The standard InChI is InChI=1S/C19H21BrOS/c1-2-6-19(22-13-14-7-4-3-5-8-14)18-12-15-11-16(20)9-10-17(15)21-18/h3-5,7-11,18-19H,2,6,12-13H2,1H3/t18-,19-/m0/s1. The molecule has 1 aliphatic heterocycles. The van der Waals surface area contributed by atoms with Gasteiger partial charge in [-0.15, -0.1) is 11.8 Å². The number of benzene rings is 2. The fraction of sp³-hybridized carbons (Fsp3) is 0.368. The Hall–Kier alpha value is -0.930. The van der Waals surface area contributed by atoms with Crippen LogP contribution in [0.25, 0.3) is 0 Å². The zero-order chi connectivity index (χ0) is 15.4. The number of ether oxygens (including phenoxy) is 1. The summed E-state index contributed by atoms with van der Waals surface area (Å²) >= 11 is 5.59. The van der Waals surface area contributed by atoms with Gasteiger partial charge in [-0.05, 0) is 35.7 Å². The Morgan fingerprint density at radius 3 is 2.82 bits per heavy atom. The molecule has 0 fully saturated rings. The van der Waals surface area contributed by atoms with E-state index in [4.69, 9.17) is 4.74 Å². The van der Waals surface area contributed by atoms with Gasteiger partial charge in [0.05, 0.1) is 0 Å². The number of hydrogen-bond acceptors (Lipinski definition) is 2. The Balaban J connectivity index is 1.65. The van der Waals surface area contributed by atoms with Crippen molar-refractivity contribution in [3.8, 4) is 5.75 Å². The van der Waals surface area contributed by atoms with E-state index < -0.39 is 0 Å². The van der Waals surface area contributed by atoms with Gasteiger partial charge in [-0.1, -0.05) is 59.6 Å². The largest absolute Gasteiger partial charge is 0.489 e. The average molecular weight is 377 g/mol. The molecule has 0 bridgehead atoms. The molecule has 0 unspecified atom stereocenters. The van der Waals surface area contributed by atoms with Crippen LogP contribution in [0.2, 0.25) is 0 Å². The topological polar surface area (TPSA) is 9.23 Å². The first kappa shape index (κ1) is 15.9. The van der Waals surface area contributed by atoms with Crippen LogP contribution >= 0.6 is 27.7 Å². The first-order chi connectivity index (χ1) is 10.8. The highest BCUT2D eigenvalue weighted by Crippen LogP contribution is 2.37. The maximum atomic E-state index is 6.22. The number of hydrogen-bond donors (Lipinski definition) is 0. The molecule has 2 aromatic carbocycles. The monoisotopic (exact) mass is 376 g/mol. The van der Waals surface area contributed by atoms with Gasteiger partial charge in [0.25, 0.3) is 0 Å². The van der Waals surface area contributed by atoms with Crippen molar-refractivity contribution in [3.63, 3.8) is 0 Å². The minimum absolute atomic E-state index is 0.304. The summed E-state index contributed by atoms with van der Waals surface area (Å²) in [5.41, 5.74) is 2.73. The van der Waals surface area contributed by atoms with Gasteiger partial charge in [0.2, 0.25) is 0 Å². The lowest BCUT2D eigenvalue weighted by atomic mass is 10.1. The lowest BCUT2D eigenvalue weighted by Crippen LogP contribution is -2.27. The van der Waals surface area contributed by atoms with Gasteiger partial charge < -0.3 is 4.74 Å². The Kier molecular flexibility index (Phi) is 5.48. The van der Waals surface area contributed by atoms with Crippen molar-refractivity contribution in [2.24, 2.45) is 0 Å². The molecule has 3 heteroatoms. The minimum Gasteiger partial charge on any atom is -0.489 e. The van der Waals surface area contributed by atoms with Gasteiger partial charge in [-0.3, -0.25) is 0 Å². The van der Waals surface area contributed by atoms with Gasteiger partial charge in [-0.2, -0.15) is 0 Å². The summed E-state index contributed by atoms with van der Waals surface area (Å²) < 4.78 is 7.36. The predicted molar refractivity (Wildman–Crippen MR) is 98.7 cm³/mol.